The Hall–Kier alpha value is -0.940. The smallest absolute Gasteiger partial charge is 0.0869 e. The van der Waals surface area contributed by atoms with Gasteiger partial charge < -0.3 is 21.1 Å². The van der Waals surface area contributed by atoms with Crippen LogP contribution in [0.1, 0.15) is 36.6 Å². The van der Waals surface area contributed by atoms with Crippen LogP contribution in [0.15, 0.2) is 24.3 Å². The molecule has 4 heteroatoms. The van der Waals surface area contributed by atoms with Gasteiger partial charge >= 0.3 is 0 Å². The van der Waals surface area contributed by atoms with Gasteiger partial charge in [0.2, 0.25) is 0 Å². The van der Waals surface area contributed by atoms with Gasteiger partial charge in [0.25, 0.3) is 0 Å². The predicted molar refractivity (Wildman–Crippen MR) is 77.9 cm³/mol. The number of nitrogens with two attached hydrogens (primary N) is 1. The molecule has 0 amide bonds. The second-order valence-corrected chi connectivity index (χ2v) is 6.14. The first-order valence-electron chi connectivity index (χ1n) is 6.84. The number of benzene rings is 1. The van der Waals surface area contributed by atoms with Crippen molar-refractivity contribution in [3.05, 3.63) is 35.4 Å². The molecule has 19 heavy (non-hydrogen) atoms. The molecule has 1 aliphatic rings. The minimum absolute atomic E-state index is 0.104. The molecule has 0 saturated heterocycles. The summed E-state index contributed by atoms with van der Waals surface area (Å²) >= 11 is 0. The topological polar surface area (TPSA) is 61.5 Å². The second kappa shape index (κ2) is 5.59. The number of aliphatic hydroxyl groups is 1. The normalized spacial score (nSPS) is 25.4. The van der Waals surface area contributed by atoms with Crippen LogP contribution in [0.4, 0.5) is 0 Å². The molecule has 0 saturated carbocycles. The molecule has 0 heterocycles. The minimum Gasteiger partial charge on any atom is -0.388 e. The van der Waals surface area contributed by atoms with Crippen LogP contribution in [-0.4, -0.2) is 42.8 Å². The van der Waals surface area contributed by atoms with Gasteiger partial charge in [-0.3, -0.25) is 0 Å². The van der Waals surface area contributed by atoms with E-state index in [0.717, 1.165) is 6.42 Å². The monoisotopic (exact) mass is 263 g/mol. The lowest BCUT2D eigenvalue weighted by Gasteiger charge is -2.29. The maximum absolute atomic E-state index is 10.3. The van der Waals surface area contributed by atoms with Crippen LogP contribution in [0.25, 0.3) is 0 Å². The summed E-state index contributed by atoms with van der Waals surface area (Å²) in [7, 11) is 3.94. The Balaban J connectivity index is 1.98. The van der Waals surface area contributed by atoms with Gasteiger partial charge in [0, 0.05) is 25.2 Å². The number of rotatable bonds is 5. The molecule has 1 aliphatic carbocycles. The Morgan fingerprint density at radius 3 is 2.63 bits per heavy atom. The molecule has 106 valence electrons. The molecule has 2 rings (SSSR count). The van der Waals surface area contributed by atoms with Crippen molar-refractivity contribution in [2.45, 2.75) is 31.0 Å². The van der Waals surface area contributed by atoms with Gasteiger partial charge in [-0.25, -0.2) is 0 Å². The standard InChI is InChI=1S/C15H25N3O/c1-15(19,10-18(2)3)9-17-14-8-13(16)11-6-4-5-7-12(11)14/h4-7,13-14,17,19H,8-10,16H2,1-3H3. The second-order valence-electron chi connectivity index (χ2n) is 6.14. The zero-order valence-electron chi connectivity index (χ0n) is 12.1. The van der Waals surface area contributed by atoms with E-state index >= 15 is 0 Å². The Kier molecular flexibility index (Phi) is 4.26. The highest BCUT2D eigenvalue weighted by Gasteiger charge is 2.30. The van der Waals surface area contributed by atoms with Crippen LogP contribution in [0.3, 0.4) is 0 Å². The summed E-state index contributed by atoms with van der Waals surface area (Å²) < 4.78 is 0. The molecule has 3 atom stereocenters. The lowest BCUT2D eigenvalue weighted by atomic mass is 10.0. The molecule has 1 aromatic carbocycles. The lowest BCUT2D eigenvalue weighted by molar-refractivity contribution is 0.0312. The molecule has 0 aliphatic heterocycles. The summed E-state index contributed by atoms with van der Waals surface area (Å²) in [5.41, 5.74) is 7.92. The first-order valence-corrected chi connectivity index (χ1v) is 6.84. The Bertz CT molecular complexity index is 431. The molecule has 0 fully saturated rings. The molecule has 0 spiro atoms. The number of likely N-dealkylation sites (N-methyl/N-ethyl adjacent to an activating group) is 1. The third-order valence-corrected chi connectivity index (χ3v) is 3.65. The van der Waals surface area contributed by atoms with E-state index in [2.05, 4.69) is 17.4 Å². The summed E-state index contributed by atoms with van der Waals surface area (Å²) in [6.07, 6.45) is 0.900. The fraction of sp³-hybridized carbons (Fsp3) is 0.600. The van der Waals surface area contributed by atoms with Gasteiger partial charge in [-0.1, -0.05) is 24.3 Å². The molecule has 0 aromatic heterocycles. The van der Waals surface area contributed by atoms with E-state index in [1.54, 1.807) is 0 Å². The summed E-state index contributed by atoms with van der Waals surface area (Å²) in [6, 6.07) is 8.65. The molecule has 1 aromatic rings. The van der Waals surface area contributed by atoms with E-state index in [-0.39, 0.29) is 12.1 Å². The molecular formula is C15H25N3O. The van der Waals surface area contributed by atoms with Gasteiger partial charge in [0.1, 0.15) is 0 Å². The van der Waals surface area contributed by atoms with Crippen LogP contribution in [0.2, 0.25) is 0 Å². The first-order chi connectivity index (χ1) is 8.89. The summed E-state index contributed by atoms with van der Waals surface area (Å²) in [4.78, 5) is 2.00. The maximum atomic E-state index is 10.3. The summed E-state index contributed by atoms with van der Waals surface area (Å²) in [5, 5.41) is 13.8. The fourth-order valence-corrected chi connectivity index (χ4v) is 2.95. The third-order valence-electron chi connectivity index (χ3n) is 3.65. The van der Waals surface area contributed by atoms with Crippen molar-refractivity contribution < 1.29 is 5.11 Å². The highest BCUT2D eigenvalue weighted by molar-refractivity contribution is 5.37. The molecule has 4 N–H and O–H groups in total. The van der Waals surface area contributed by atoms with Crippen molar-refractivity contribution in [1.82, 2.24) is 10.2 Å². The van der Waals surface area contributed by atoms with E-state index in [9.17, 15) is 5.11 Å². The number of nitrogens with zero attached hydrogens (tertiary/aromatic N) is 1. The molecule has 4 nitrogen and oxygen atoms in total. The van der Waals surface area contributed by atoms with Gasteiger partial charge in [0.05, 0.1) is 5.60 Å². The number of fused-ring (bicyclic) bond motifs is 1. The van der Waals surface area contributed by atoms with Crippen LogP contribution in [0.5, 0.6) is 0 Å². The maximum Gasteiger partial charge on any atom is 0.0869 e. The minimum atomic E-state index is -0.731. The lowest BCUT2D eigenvalue weighted by Crippen LogP contribution is -2.46. The number of nitrogens with one attached hydrogen (secondary N) is 1. The number of hydrogen-bond donors (Lipinski definition) is 3. The zero-order chi connectivity index (χ0) is 14.0. The van der Waals surface area contributed by atoms with E-state index in [1.165, 1.54) is 11.1 Å². The van der Waals surface area contributed by atoms with Crippen LogP contribution < -0.4 is 11.1 Å². The van der Waals surface area contributed by atoms with E-state index in [0.29, 0.717) is 13.1 Å². The average Bonchev–Trinajstić information content (AvgIpc) is 2.63. The Morgan fingerprint density at radius 1 is 1.37 bits per heavy atom. The third kappa shape index (κ3) is 3.54. The summed E-state index contributed by atoms with van der Waals surface area (Å²) in [6.45, 7) is 3.07. The van der Waals surface area contributed by atoms with Crippen molar-refractivity contribution >= 4 is 0 Å². The average molecular weight is 263 g/mol. The van der Waals surface area contributed by atoms with Gasteiger partial charge in [-0.15, -0.1) is 0 Å². The SMILES string of the molecule is CN(C)CC(C)(O)CNC1CC(N)c2ccccc21. The quantitative estimate of drug-likeness (QED) is 0.742. The van der Waals surface area contributed by atoms with Crippen LogP contribution >= 0.6 is 0 Å². The fourth-order valence-electron chi connectivity index (χ4n) is 2.95. The van der Waals surface area contributed by atoms with Crippen molar-refractivity contribution in [3.8, 4) is 0 Å². The van der Waals surface area contributed by atoms with Crippen molar-refractivity contribution in [3.63, 3.8) is 0 Å². The molecular weight excluding hydrogens is 238 g/mol. The highest BCUT2D eigenvalue weighted by atomic mass is 16.3. The van der Waals surface area contributed by atoms with Crippen molar-refractivity contribution in [1.29, 1.82) is 0 Å². The summed E-state index contributed by atoms with van der Waals surface area (Å²) in [5.74, 6) is 0. The molecule has 3 unspecified atom stereocenters. The molecule has 0 radical (unpaired) electrons. The zero-order valence-corrected chi connectivity index (χ0v) is 12.1. The van der Waals surface area contributed by atoms with Gasteiger partial charge in [-0.2, -0.15) is 0 Å². The van der Waals surface area contributed by atoms with Crippen molar-refractivity contribution in [2.24, 2.45) is 5.73 Å². The Morgan fingerprint density at radius 2 is 2.00 bits per heavy atom. The Labute approximate surface area is 115 Å². The number of hydrogen-bond acceptors (Lipinski definition) is 4. The van der Waals surface area contributed by atoms with Crippen LogP contribution in [-0.2, 0) is 0 Å². The van der Waals surface area contributed by atoms with Gasteiger partial charge in [-0.05, 0) is 38.6 Å². The van der Waals surface area contributed by atoms with Crippen LogP contribution in [0, 0.1) is 0 Å². The highest BCUT2D eigenvalue weighted by Crippen LogP contribution is 2.36. The van der Waals surface area contributed by atoms with Gasteiger partial charge in [0.15, 0.2) is 0 Å². The van der Waals surface area contributed by atoms with E-state index in [4.69, 9.17) is 5.73 Å². The molecule has 0 bridgehead atoms. The van der Waals surface area contributed by atoms with Crippen molar-refractivity contribution in [2.75, 3.05) is 27.2 Å². The van der Waals surface area contributed by atoms with E-state index in [1.807, 2.05) is 38.1 Å². The predicted octanol–water partition coefficient (Wildman–Crippen LogP) is 1.03. The van der Waals surface area contributed by atoms with E-state index < -0.39 is 5.60 Å². The first kappa shape index (κ1) is 14.5. The largest absolute Gasteiger partial charge is 0.388 e.